The van der Waals surface area contributed by atoms with Crippen LogP contribution in [0.4, 0.5) is 5.82 Å². The van der Waals surface area contributed by atoms with Gasteiger partial charge in [0.25, 0.3) is 5.56 Å². The van der Waals surface area contributed by atoms with Crippen molar-refractivity contribution in [1.29, 1.82) is 0 Å². The Hall–Kier alpha value is -3.05. The number of rotatable bonds is 7. The van der Waals surface area contributed by atoms with Gasteiger partial charge in [-0.05, 0) is 24.3 Å². The van der Waals surface area contributed by atoms with Crippen molar-refractivity contribution in [3.8, 4) is 5.75 Å². The predicted molar refractivity (Wildman–Crippen MR) is 113 cm³/mol. The molecule has 0 atom stereocenters. The summed E-state index contributed by atoms with van der Waals surface area (Å²) in [6.45, 7) is 0.175. The molecule has 0 aliphatic heterocycles. The Bertz CT molecular complexity index is 1220. The molecule has 3 rings (SSSR count). The van der Waals surface area contributed by atoms with Gasteiger partial charge in [-0.2, -0.15) is 0 Å². The number of carbonyl (C=O) groups excluding carboxylic acids is 1. The van der Waals surface area contributed by atoms with E-state index in [4.69, 9.17) is 22.1 Å². The van der Waals surface area contributed by atoms with E-state index in [0.29, 0.717) is 21.8 Å². The first-order valence-electron chi connectivity index (χ1n) is 8.68. The lowest BCUT2D eigenvalue weighted by molar-refractivity contribution is 0.102. The Kier molecular flexibility index (Phi) is 6.32. The van der Waals surface area contributed by atoms with Crippen molar-refractivity contribution in [2.45, 2.75) is 11.8 Å². The highest BCUT2D eigenvalue weighted by molar-refractivity contribution is 7.99. The number of aromatic nitrogens is 5. The molecule has 0 bridgehead atoms. The molecule has 0 saturated heterocycles. The molecule has 12 heteroatoms. The van der Waals surface area contributed by atoms with Gasteiger partial charge in [-0.25, -0.2) is 4.79 Å². The lowest BCUT2D eigenvalue weighted by Gasteiger charge is -2.10. The quantitative estimate of drug-likeness (QED) is 0.417. The molecule has 0 radical (unpaired) electrons. The summed E-state index contributed by atoms with van der Waals surface area (Å²) in [5.74, 6) is 0.423. The van der Waals surface area contributed by atoms with Crippen LogP contribution in [0.5, 0.6) is 5.75 Å². The van der Waals surface area contributed by atoms with Gasteiger partial charge in [-0.3, -0.25) is 18.7 Å². The standard InChI is InChI=1S/C18H19ClN6O4S/c1-23-13(8-29-11-6-4-10(19)5-7-11)21-22-17(23)30-9-12(26)14-15(20)24(2)18(28)25(3)16(14)27/h4-7H,8-9,20H2,1-3H3. The molecule has 0 aliphatic carbocycles. The molecule has 2 N–H and O–H groups in total. The van der Waals surface area contributed by atoms with Crippen molar-refractivity contribution < 1.29 is 9.53 Å². The van der Waals surface area contributed by atoms with Gasteiger partial charge in [0.2, 0.25) is 0 Å². The van der Waals surface area contributed by atoms with Crippen molar-refractivity contribution in [2.24, 2.45) is 21.1 Å². The minimum absolute atomic E-state index is 0.0956. The molecule has 0 unspecified atom stereocenters. The second-order valence-electron chi connectivity index (χ2n) is 6.38. The van der Waals surface area contributed by atoms with Crippen LogP contribution >= 0.6 is 23.4 Å². The zero-order valence-electron chi connectivity index (χ0n) is 16.5. The second-order valence-corrected chi connectivity index (χ2v) is 7.76. The highest BCUT2D eigenvalue weighted by Gasteiger charge is 2.21. The summed E-state index contributed by atoms with van der Waals surface area (Å²) in [6, 6.07) is 6.92. The Morgan fingerprint density at radius 1 is 1.10 bits per heavy atom. The summed E-state index contributed by atoms with van der Waals surface area (Å²) >= 11 is 6.95. The van der Waals surface area contributed by atoms with Gasteiger partial charge >= 0.3 is 5.69 Å². The van der Waals surface area contributed by atoms with E-state index in [1.165, 1.54) is 14.1 Å². The monoisotopic (exact) mass is 450 g/mol. The SMILES string of the molecule is Cn1c(COc2ccc(Cl)cc2)nnc1SCC(=O)c1c(N)n(C)c(=O)n(C)c1=O. The minimum atomic E-state index is -0.726. The van der Waals surface area contributed by atoms with E-state index in [2.05, 4.69) is 10.2 Å². The topological polar surface area (TPSA) is 127 Å². The summed E-state index contributed by atoms with van der Waals surface area (Å²) in [7, 11) is 4.44. The highest BCUT2D eigenvalue weighted by Crippen LogP contribution is 2.20. The molecule has 2 aromatic heterocycles. The van der Waals surface area contributed by atoms with Crippen LogP contribution in [-0.2, 0) is 27.7 Å². The van der Waals surface area contributed by atoms with Crippen LogP contribution in [0.3, 0.4) is 0 Å². The number of nitrogens with zero attached hydrogens (tertiary/aromatic N) is 5. The number of carbonyl (C=O) groups is 1. The zero-order chi connectivity index (χ0) is 22.0. The predicted octanol–water partition coefficient (Wildman–Crippen LogP) is 1.00. The van der Waals surface area contributed by atoms with E-state index in [1.54, 1.807) is 35.9 Å². The number of Topliss-reactive ketones (excluding diaryl/α,β-unsaturated/α-hetero) is 1. The Labute approximate surface area is 180 Å². The molecule has 0 amide bonds. The fourth-order valence-corrected chi connectivity index (χ4v) is 3.53. The normalized spacial score (nSPS) is 10.9. The number of benzene rings is 1. The van der Waals surface area contributed by atoms with E-state index in [9.17, 15) is 14.4 Å². The summed E-state index contributed by atoms with van der Waals surface area (Å²) in [5, 5.41) is 9.20. The van der Waals surface area contributed by atoms with Gasteiger partial charge in [-0.1, -0.05) is 23.4 Å². The van der Waals surface area contributed by atoms with Crippen LogP contribution in [0.2, 0.25) is 5.02 Å². The van der Waals surface area contributed by atoms with Gasteiger partial charge in [-0.15, -0.1) is 10.2 Å². The van der Waals surface area contributed by atoms with Crippen LogP contribution in [0.15, 0.2) is 39.0 Å². The summed E-state index contributed by atoms with van der Waals surface area (Å²) in [6.07, 6.45) is 0. The van der Waals surface area contributed by atoms with Crippen LogP contribution < -0.4 is 21.7 Å². The first-order valence-corrected chi connectivity index (χ1v) is 10.0. The molecule has 0 fully saturated rings. The Balaban J connectivity index is 1.70. The molecule has 3 aromatic rings. The number of hydrogen-bond donors (Lipinski definition) is 1. The van der Waals surface area contributed by atoms with E-state index in [1.807, 2.05) is 0 Å². The first-order chi connectivity index (χ1) is 14.2. The summed E-state index contributed by atoms with van der Waals surface area (Å²) < 4.78 is 9.26. The molecule has 1 aromatic carbocycles. The third-order valence-electron chi connectivity index (χ3n) is 4.43. The number of hydrogen-bond acceptors (Lipinski definition) is 8. The van der Waals surface area contributed by atoms with E-state index in [0.717, 1.165) is 20.9 Å². The molecule has 0 spiro atoms. The molecule has 158 valence electrons. The van der Waals surface area contributed by atoms with Crippen molar-refractivity contribution in [1.82, 2.24) is 23.9 Å². The highest BCUT2D eigenvalue weighted by atomic mass is 35.5. The largest absolute Gasteiger partial charge is 0.486 e. The van der Waals surface area contributed by atoms with Gasteiger partial charge in [0, 0.05) is 26.2 Å². The van der Waals surface area contributed by atoms with Crippen molar-refractivity contribution >= 4 is 35.0 Å². The van der Waals surface area contributed by atoms with Gasteiger partial charge in [0.1, 0.15) is 23.7 Å². The number of thioether (sulfide) groups is 1. The third kappa shape index (κ3) is 4.26. The number of halogens is 1. The van der Waals surface area contributed by atoms with Gasteiger partial charge < -0.3 is 15.0 Å². The summed E-state index contributed by atoms with van der Waals surface area (Å²) in [5.41, 5.74) is 4.28. The molecule has 30 heavy (non-hydrogen) atoms. The molecular weight excluding hydrogens is 432 g/mol. The fraction of sp³-hybridized carbons (Fsp3) is 0.278. The molecule has 0 saturated carbocycles. The average Bonchev–Trinajstić information content (AvgIpc) is 3.08. The van der Waals surface area contributed by atoms with Crippen molar-refractivity contribution in [2.75, 3.05) is 11.5 Å². The number of anilines is 1. The zero-order valence-corrected chi connectivity index (χ0v) is 18.0. The van der Waals surface area contributed by atoms with E-state index in [-0.39, 0.29) is 23.7 Å². The number of ether oxygens (including phenoxy) is 1. The third-order valence-corrected chi connectivity index (χ3v) is 5.70. The molecule has 0 aliphatic rings. The first kappa shape index (κ1) is 21.7. The lowest BCUT2D eigenvalue weighted by atomic mass is 10.2. The van der Waals surface area contributed by atoms with Crippen molar-refractivity contribution in [3.05, 3.63) is 61.5 Å². The van der Waals surface area contributed by atoms with Crippen LogP contribution in [0.1, 0.15) is 16.2 Å². The van der Waals surface area contributed by atoms with Crippen LogP contribution in [0.25, 0.3) is 0 Å². The minimum Gasteiger partial charge on any atom is -0.486 e. The van der Waals surface area contributed by atoms with Crippen LogP contribution in [0, 0.1) is 0 Å². The maximum atomic E-state index is 12.6. The Morgan fingerprint density at radius 2 is 1.77 bits per heavy atom. The smallest absolute Gasteiger partial charge is 0.332 e. The Morgan fingerprint density at radius 3 is 2.43 bits per heavy atom. The van der Waals surface area contributed by atoms with E-state index < -0.39 is 17.0 Å². The number of nitrogens with two attached hydrogens (primary N) is 1. The maximum Gasteiger partial charge on any atom is 0.332 e. The fourth-order valence-electron chi connectivity index (χ4n) is 2.60. The molecular formula is C18H19ClN6O4S. The summed E-state index contributed by atoms with van der Waals surface area (Å²) in [4.78, 5) is 36.8. The molecule has 2 heterocycles. The number of nitrogen functional groups attached to an aromatic ring is 1. The average molecular weight is 451 g/mol. The van der Waals surface area contributed by atoms with Crippen molar-refractivity contribution in [3.63, 3.8) is 0 Å². The lowest BCUT2D eigenvalue weighted by Crippen LogP contribution is -2.41. The maximum absolute atomic E-state index is 12.6. The van der Waals surface area contributed by atoms with E-state index >= 15 is 0 Å². The van der Waals surface area contributed by atoms with Gasteiger partial charge in [0.05, 0.1) is 5.75 Å². The van der Waals surface area contributed by atoms with Gasteiger partial charge in [0.15, 0.2) is 16.8 Å². The second kappa shape index (κ2) is 8.76. The van der Waals surface area contributed by atoms with Crippen LogP contribution in [-0.4, -0.2) is 35.4 Å². The number of ketones is 1. The molecule has 10 nitrogen and oxygen atoms in total.